The molecule has 2 aliphatic rings. The van der Waals surface area contributed by atoms with Gasteiger partial charge in [0, 0.05) is 0 Å². The Hall–Kier alpha value is -4.18. The number of fused-ring (bicyclic) bond motifs is 3. The number of hydrogen-bond donors (Lipinski definition) is 0. The number of ether oxygens (including phenoxy) is 1. The van der Waals surface area contributed by atoms with Gasteiger partial charge in [0.05, 0.1) is 0 Å². The molecule has 5 aromatic rings. The van der Waals surface area contributed by atoms with E-state index in [1.807, 2.05) is 17.9 Å². The molecule has 7 rings (SSSR count). The first kappa shape index (κ1) is 35.2. The van der Waals surface area contributed by atoms with Gasteiger partial charge in [0.15, 0.2) is 0 Å². The third-order valence-electron chi connectivity index (χ3n) is 10.3. The van der Waals surface area contributed by atoms with Crippen molar-refractivity contribution in [3.8, 4) is 15.5 Å². The van der Waals surface area contributed by atoms with Crippen LogP contribution >= 0.6 is 7.26 Å². The van der Waals surface area contributed by atoms with E-state index in [2.05, 4.69) is 195 Å². The summed E-state index contributed by atoms with van der Waals surface area (Å²) >= 11 is 1.83. The normalized spacial score (nSPS) is 17.2. The van der Waals surface area contributed by atoms with Crippen molar-refractivity contribution in [1.29, 1.82) is 0 Å². The van der Waals surface area contributed by atoms with E-state index in [0.717, 1.165) is 0 Å². The average Bonchev–Trinajstić information content (AvgIpc) is 3.72. The van der Waals surface area contributed by atoms with Gasteiger partial charge in [-0.05, 0) is 6.92 Å². The molecular weight excluding hydrogens is 830 g/mol. The molecule has 2 heterocycles. The molecule has 0 spiro atoms. The van der Waals surface area contributed by atoms with Crippen LogP contribution in [0.15, 0.2) is 174 Å². The minimum atomic E-state index is -2.39. The van der Waals surface area contributed by atoms with E-state index >= 15 is 0 Å². The van der Waals surface area contributed by atoms with Crippen molar-refractivity contribution in [2.24, 2.45) is 0 Å². The van der Waals surface area contributed by atoms with Gasteiger partial charge in [0.1, 0.15) is 0 Å². The summed E-state index contributed by atoms with van der Waals surface area (Å²) in [6, 6.07) is 47.4. The van der Waals surface area contributed by atoms with Crippen molar-refractivity contribution in [3.05, 3.63) is 185 Å². The van der Waals surface area contributed by atoms with Crippen LogP contribution in [0, 0.1) is 4.37 Å². The Morgan fingerprint density at radius 1 is 0.667 bits per heavy atom. The first-order chi connectivity index (χ1) is 24.9. The summed E-state index contributed by atoms with van der Waals surface area (Å²) in [6.45, 7) is 10.5. The second-order valence-corrected chi connectivity index (χ2v) is 21.9. The van der Waals surface area contributed by atoms with Crippen LogP contribution in [0.25, 0.3) is 23.3 Å². The summed E-state index contributed by atoms with van der Waals surface area (Å²) < 4.78 is 9.88. The topological polar surface area (TPSA) is 9.23 Å². The molecule has 0 unspecified atom stereocenters. The zero-order chi connectivity index (χ0) is 35.4. The number of rotatable bonds is 8. The van der Waals surface area contributed by atoms with Gasteiger partial charge in [-0.3, -0.25) is 0 Å². The zero-order valence-corrected chi connectivity index (χ0v) is 34.1. The minimum absolute atomic E-state index is 0.607. The molecule has 0 aliphatic carbocycles. The van der Waals surface area contributed by atoms with Crippen LogP contribution in [0.5, 0.6) is 0 Å². The SMILES string of the molecule is CC=C1COCC1=CC(/C=C/c1ccc2c(c1)[Si](C)(C)c1cc(/C=C/C)ccc1-2)=C([C]#[Os])[P+](c1ccccc1)(c1ccccc1)c1ccccc1. The van der Waals surface area contributed by atoms with E-state index in [1.165, 1.54) is 70.6 Å². The Bertz CT molecular complexity index is 2180. The third kappa shape index (κ3) is 6.56. The van der Waals surface area contributed by atoms with Gasteiger partial charge < -0.3 is 0 Å². The summed E-state index contributed by atoms with van der Waals surface area (Å²) in [6.07, 6.45) is 13.6. The molecule has 5 aromatic carbocycles. The molecule has 1 nitrogen and oxygen atoms in total. The quantitative estimate of drug-likeness (QED) is 0.0860. The van der Waals surface area contributed by atoms with Gasteiger partial charge in [-0.25, -0.2) is 0 Å². The summed E-state index contributed by atoms with van der Waals surface area (Å²) in [5, 5.41) is 8.22. The monoisotopic (exact) mass is 874 g/mol. The molecule has 2 aliphatic heterocycles. The van der Waals surface area contributed by atoms with Gasteiger partial charge in [0.2, 0.25) is 0 Å². The van der Waals surface area contributed by atoms with Gasteiger partial charge in [-0.1, -0.05) is 12.2 Å². The molecular formula is C47H43OOsPSi+. The second-order valence-electron chi connectivity index (χ2n) is 13.6. The summed E-state index contributed by atoms with van der Waals surface area (Å²) in [5.74, 6) is 0. The Morgan fingerprint density at radius 3 is 1.63 bits per heavy atom. The second kappa shape index (κ2) is 15.2. The van der Waals surface area contributed by atoms with Crippen LogP contribution in [0.4, 0.5) is 0 Å². The van der Waals surface area contributed by atoms with E-state index in [4.69, 9.17) is 4.74 Å². The molecule has 0 bridgehead atoms. The molecule has 0 aromatic heterocycles. The van der Waals surface area contributed by atoms with Crippen molar-refractivity contribution in [2.75, 3.05) is 13.2 Å². The zero-order valence-electron chi connectivity index (χ0n) is 29.7. The fraction of sp³-hybridized carbons (Fsp3) is 0.128. The Kier molecular flexibility index (Phi) is 10.5. The van der Waals surface area contributed by atoms with E-state index in [1.54, 1.807) is 0 Å². The molecule has 253 valence electrons. The Balaban J connectivity index is 1.46. The fourth-order valence-corrected chi connectivity index (χ4v) is 16.6. The Morgan fingerprint density at radius 2 is 1.16 bits per heavy atom. The van der Waals surface area contributed by atoms with E-state index in [9.17, 15) is 0 Å². The van der Waals surface area contributed by atoms with Crippen LogP contribution in [0.2, 0.25) is 13.1 Å². The van der Waals surface area contributed by atoms with Crippen molar-refractivity contribution in [3.63, 3.8) is 0 Å². The first-order valence-corrected chi connectivity index (χ1v) is 23.7. The molecule has 51 heavy (non-hydrogen) atoms. The summed E-state index contributed by atoms with van der Waals surface area (Å²) in [7, 11) is -4.27. The van der Waals surface area contributed by atoms with Crippen LogP contribution in [-0.4, -0.2) is 21.3 Å². The average molecular weight is 873 g/mol. The van der Waals surface area contributed by atoms with Crippen LogP contribution < -0.4 is 26.3 Å². The van der Waals surface area contributed by atoms with Crippen LogP contribution in [0.3, 0.4) is 0 Å². The fourth-order valence-electron chi connectivity index (χ4n) is 7.69. The van der Waals surface area contributed by atoms with Crippen molar-refractivity contribution in [1.82, 2.24) is 0 Å². The molecule has 0 radical (unpaired) electrons. The maximum absolute atomic E-state index is 6.01. The van der Waals surface area contributed by atoms with Gasteiger partial charge in [-0.15, -0.1) is 0 Å². The molecule has 1 fully saturated rings. The molecule has 0 atom stereocenters. The van der Waals surface area contributed by atoms with Crippen LogP contribution in [-0.2, 0) is 22.7 Å². The Labute approximate surface area is 315 Å². The number of hydrogen-bond acceptors (Lipinski definition) is 1. The summed E-state index contributed by atoms with van der Waals surface area (Å²) in [5.41, 5.74) is 8.96. The molecule has 0 amide bonds. The van der Waals surface area contributed by atoms with E-state index in [-0.39, 0.29) is 0 Å². The molecule has 0 saturated carbocycles. The molecule has 1 saturated heterocycles. The predicted octanol–water partition coefficient (Wildman–Crippen LogP) is 9.19. The van der Waals surface area contributed by atoms with E-state index < -0.39 is 15.3 Å². The number of benzene rings is 5. The van der Waals surface area contributed by atoms with Crippen molar-refractivity contribution in [2.45, 2.75) is 26.9 Å². The third-order valence-corrected chi connectivity index (χ3v) is 19.2. The van der Waals surface area contributed by atoms with Crippen LogP contribution in [0.1, 0.15) is 25.0 Å². The van der Waals surface area contributed by atoms with Crippen molar-refractivity contribution < 1.29 is 22.7 Å². The molecule has 0 N–H and O–H groups in total. The van der Waals surface area contributed by atoms with Gasteiger partial charge in [0.25, 0.3) is 0 Å². The molecule has 4 heteroatoms. The standard InChI is InChI=1S/C47H43OPSi.Os/c1-6-17-36-25-28-44-45-29-26-37(31-47(45)50(4,5)46(44)30-36)24-27-39(32-40-34-48-33-38(40)7-2)35(3)49(41-18-11-8-12-19-41,42-20-13-9-14-21-42)43-22-15-10-16-23-43;/h6-32H,33-34H2,1-2,4-5H3;/q+1;/b17-6+,27-24+,38-7?,39-35?,40-32?;. The van der Waals surface area contributed by atoms with Gasteiger partial charge >= 0.3 is 298 Å². The van der Waals surface area contributed by atoms with Gasteiger partial charge in [-0.2, -0.15) is 0 Å². The number of allylic oxidation sites excluding steroid dienone is 6. The predicted molar refractivity (Wildman–Crippen MR) is 221 cm³/mol. The first-order valence-electron chi connectivity index (χ1n) is 17.6. The maximum atomic E-state index is 6.01. The van der Waals surface area contributed by atoms with E-state index in [0.29, 0.717) is 13.2 Å². The van der Waals surface area contributed by atoms with Crippen molar-refractivity contribution >= 4 is 53.8 Å². The summed E-state index contributed by atoms with van der Waals surface area (Å²) in [4.78, 5) is 0.